The summed E-state index contributed by atoms with van der Waals surface area (Å²) in [6, 6.07) is 5.82. The summed E-state index contributed by atoms with van der Waals surface area (Å²) in [6.45, 7) is 2.50. The summed E-state index contributed by atoms with van der Waals surface area (Å²) >= 11 is 0. The molecule has 1 fully saturated rings. The van der Waals surface area contributed by atoms with Gasteiger partial charge in [0.25, 0.3) is 0 Å². The van der Waals surface area contributed by atoms with E-state index in [2.05, 4.69) is 0 Å². The van der Waals surface area contributed by atoms with E-state index in [1.807, 2.05) is 18.2 Å². The van der Waals surface area contributed by atoms with Crippen LogP contribution in [0, 0.1) is 5.92 Å². The van der Waals surface area contributed by atoms with Crippen molar-refractivity contribution in [2.24, 2.45) is 5.92 Å². The molecule has 1 aromatic rings. The van der Waals surface area contributed by atoms with Crippen molar-refractivity contribution in [3.63, 3.8) is 0 Å². The van der Waals surface area contributed by atoms with E-state index in [0.717, 1.165) is 12.0 Å². The molecule has 1 saturated heterocycles. The molecule has 0 saturated carbocycles. The van der Waals surface area contributed by atoms with Crippen molar-refractivity contribution in [2.75, 3.05) is 27.4 Å². The number of carbonyl (C=O) groups excluding carboxylic acids is 1. The minimum Gasteiger partial charge on any atom is -0.493 e. The molecule has 0 bridgehead atoms. The topological polar surface area (TPSA) is 54.0 Å². The molecule has 0 aliphatic carbocycles. The van der Waals surface area contributed by atoms with Gasteiger partial charge in [0.2, 0.25) is 0 Å². The number of carbonyl (C=O) groups is 1. The SMILES string of the molecule is COc1ccc(C[C@H]2COC[C@H]2OC(C)=O)cc1OC. The second-order valence-electron chi connectivity index (χ2n) is 4.84. The summed E-state index contributed by atoms with van der Waals surface area (Å²) < 4.78 is 21.2. The van der Waals surface area contributed by atoms with Gasteiger partial charge in [0.05, 0.1) is 27.4 Å². The Bertz CT molecular complexity index is 471. The Morgan fingerprint density at radius 2 is 2.00 bits per heavy atom. The van der Waals surface area contributed by atoms with E-state index in [0.29, 0.717) is 24.7 Å². The molecule has 5 heteroatoms. The zero-order valence-corrected chi connectivity index (χ0v) is 12.0. The van der Waals surface area contributed by atoms with Gasteiger partial charge in [-0.3, -0.25) is 4.79 Å². The third kappa shape index (κ3) is 3.42. The van der Waals surface area contributed by atoms with Crippen molar-refractivity contribution >= 4 is 5.97 Å². The lowest BCUT2D eigenvalue weighted by molar-refractivity contribution is -0.147. The van der Waals surface area contributed by atoms with Crippen LogP contribution >= 0.6 is 0 Å². The van der Waals surface area contributed by atoms with Crippen molar-refractivity contribution in [2.45, 2.75) is 19.4 Å². The van der Waals surface area contributed by atoms with Crippen LogP contribution in [0.5, 0.6) is 11.5 Å². The van der Waals surface area contributed by atoms with Crippen molar-refractivity contribution < 1.29 is 23.7 Å². The van der Waals surface area contributed by atoms with Crippen LogP contribution in [0.4, 0.5) is 0 Å². The summed E-state index contributed by atoms with van der Waals surface area (Å²) in [5, 5.41) is 0. The number of rotatable bonds is 5. The first-order valence-corrected chi connectivity index (χ1v) is 6.60. The average molecular weight is 280 g/mol. The molecule has 110 valence electrons. The van der Waals surface area contributed by atoms with Gasteiger partial charge in [0, 0.05) is 12.8 Å². The third-order valence-electron chi connectivity index (χ3n) is 3.40. The van der Waals surface area contributed by atoms with Gasteiger partial charge in [-0.15, -0.1) is 0 Å². The maximum atomic E-state index is 11.1. The Labute approximate surface area is 118 Å². The van der Waals surface area contributed by atoms with Gasteiger partial charge in [-0.05, 0) is 24.1 Å². The molecule has 1 aromatic carbocycles. The zero-order chi connectivity index (χ0) is 14.5. The first-order valence-electron chi connectivity index (χ1n) is 6.60. The van der Waals surface area contributed by atoms with E-state index >= 15 is 0 Å². The van der Waals surface area contributed by atoms with Crippen molar-refractivity contribution in [3.8, 4) is 11.5 Å². The van der Waals surface area contributed by atoms with Gasteiger partial charge in [-0.25, -0.2) is 0 Å². The van der Waals surface area contributed by atoms with Gasteiger partial charge in [-0.1, -0.05) is 6.07 Å². The minimum atomic E-state index is -0.266. The van der Waals surface area contributed by atoms with E-state index in [1.165, 1.54) is 6.92 Å². The molecular formula is C15H20O5. The Hall–Kier alpha value is -1.75. The first kappa shape index (κ1) is 14.7. The molecule has 0 amide bonds. The van der Waals surface area contributed by atoms with Crippen LogP contribution in [0.15, 0.2) is 18.2 Å². The lowest BCUT2D eigenvalue weighted by Gasteiger charge is -2.18. The highest BCUT2D eigenvalue weighted by Crippen LogP contribution is 2.30. The van der Waals surface area contributed by atoms with Crippen LogP contribution in [0.2, 0.25) is 0 Å². The van der Waals surface area contributed by atoms with E-state index in [9.17, 15) is 4.79 Å². The van der Waals surface area contributed by atoms with Gasteiger partial charge in [-0.2, -0.15) is 0 Å². The van der Waals surface area contributed by atoms with Gasteiger partial charge >= 0.3 is 5.97 Å². The maximum absolute atomic E-state index is 11.1. The second-order valence-corrected chi connectivity index (χ2v) is 4.84. The molecule has 1 aliphatic heterocycles. The number of benzene rings is 1. The third-order valence-corrected chi connectivity index (χ3v) is 3.40. The van der Waals surface area contributed by atoms with Crippen LogP contribution in [-0.2, 0) is 20.7 Å². The fourth-order valence-electron chi connectivity index (χ4n) is 2.42. The summed E-state index contributed by atoms with van der Waals surface area (Å²) in [7, 11) is 3.22. The first-order chi connectivity index (χ1) is 9.63. The molecule has 1 aliphatic rings. The molecule has 0 radical (unpaired) electrons. The Morgan fingerprint density at radius 3 is 2.65 bits per heavy atom. The molecule has 0 spiro atoms. The normalized spacial score (nSPS) is 21.6. The lowest BCUT2D eigenvalue weighted by Crippen LogP contribution is -2.26. The fourth-order valence-corrected chi connectivity index (χ4v) is 2.42. The molecule has 5 nitrogen and oxygen atoms in total. The Balaban J connectivity index is 2.07. The Kier molecular flexibility index (Phi) is 4.84. The van der Waals surface area contributed by atoms with Crippen LogP contribution in [0.25, 0.3) is 0 Å². The molecule has 1 heterocycles. The highest BCUT2D eigenvalue weighted by atomic mass is 16.6. The Morgan fingerprint density at radius 1 is 1.25 bits per heavy atom. The zero-order valence-electron chi connectivity index (χ0n) is 12.0. The predicted molar refractivity (Wildman–Crippen MR) is 73.1 cm³/mol. The molecule has 0 unspecified atom stereocenters. The average Bonchev–Trinajstić information content (AvgIpc) is 2.85. The van der Waals surface area contributed by atoms with Gasteiger partial charge < -0.3 is 18.9 Å². The number of esters is 1. The highest BCUT2D eigenvalue weighted by molar-refractivity contribution is 5.66. The van der Waals surface area contributed by atoms with E-state index < -0.39 is 0 Å². The summed E-state index contributed by atoms with van der Waals surface area (Å²) in [5.74, 6) is 1.32. The van der Waals surface area contributed by atoms with Gasteiger partial charge in [0.15, 0.2) is 11.5 Å². The number of hydrogen-bond donors (Lipinski definition) is 0. The molecule has 20 heavy (non-hydrogen) atoms. The van der Waals surface area contributed by atoms with Crippen LogP contribution in [-0.4, -0.2) is 39.5 Å². The van der Waals surface area contributed by atoms with E-state index in [4.69, 9.17) is 18.9 Å². The quantitative estimate of drug-likeness (QED) is 0.770. The predicted octanol–water partition coefficient (Wildman–Crippen LogP) is 1.82. The standard InChI is InChI=1S/C15H20O5/c1-10(16)20-15-9-19-8-12(15)6-11-4-5-13(17-2)14(7-11)18-3/h4-5,7,12,15H,6,8-9H2,1-3H3/t12-,15+/m0/s1. The van der Waals surface area contributed by atoms with Crippen LogP contribution in [0.1, 0.15) is 12.5 Å². The summed E-state index contributed by atoms with van der Waals surface area (Å²) in [6.07, 6.45) is 0.610. The largest absolute Gasteiger partial charge is 0.493 e. The van der Waals surface area contributed by atoms with E-state index in [-0.39, 0.29) is 18.0 Å². The van der Waals surface area contributed by atoms with E-state index in [1.54, 1.807) is 14.2 Å². The molecular weight excluding hydrogens is 260 g/mol. The summed E-state index contributed by atoms with van der Waals surface area (Å²) in [5.41, 5.74) is 1.11. The maximum Gasteiger partial charge on any atom is 0.302 e. The van der Waals surface area contributed by atoms with Crippen molar-refractivity contribution in [1.29, 1.82) is 0 Å². The highest BCUT2D eigenvalue weighted by Gasteiger charge is 2.31. The van der Waals surface area contributed by atoms with Crippen molar-refractivity contribution in [3.05, 3.63) is 23.8 Å². The van der Waals surface area contributed by atoms with Gasteiger partial charge in [0.1, 0.15) is 6.10 Å². The molecule has 0 N–H and O–H groups in total. The number of hydrogen-bond acceptors (Lipinski definition) is 5. The lowest BCUT2D eigenvalue weighted by atomic mass is 9.96. The number of methoxy groups -OCH3 is 2. The minimum absolute atomic E-state index is 0.166. The monoisotopic (exact) mass is 280 g/mol. The molecule has 0 aromatic heterocycles. The molecule has 2 atom stereocenters. The van der Waals surface area contributed by atoms with Crippen LogP contribution < -0.4 is 9.47 Å². The smallest absolute Gasteiger partial charge is 0.302 e. The van der Waals surface area contributed by atoms with Crippen LogP contribution in [0.3, 0.4) is 0 Å². The second kappa shape index (κ2) is 6.61. The number of ether oxygens (including phenoxy) is 4. The molecule has 2 rings (SSSR count). The van der Waals surface area contributed by atoms with Crippen molar-refractivity contribution in [1.82, 2.24) is 0 Å². The fraction of sp³-hybridized carbons (Fsp3) is 0.533. The summed E-state index contributed by atoms with van der Waals surface area (Å²) in [4.78, 5) is 11.1.